The zero-order valence-corrected chi connectivity index (χ0v) is 15.9. The molecule has 5 heteroatoms. The van der Waals surface area contributed by atoms with E-state index in [0.29, 0.717) is 12.1 Å². The second kappa shape index (κ2) is 8.59. The molecule has 3 nitrogen and oxygen atoms in total. The van der Waals surface area contributed by atoms with Gasteiger partial charge in [-0.3, -0.25) is 9.69 Å². The number of benzene rings is 1. The molecule has 0 spiro atoms. The average Bonchev–Trinajstić information content (AvgIpc) is 3.11. The molecule has 1 N–H and O–H groups in total. The Bertz CT molecular complexity index is 545. The minimum Gasteiger partial charge on any atom is -0.351 e. The summed E-state index contributed by atoms with van der Waals surface area (Å²) in [6, 6.07) is 8.56. The van der Waals surface area contributed by atoms with Crippen molar-refractivity contribution in [3.8, 4) is 0 Å². The van der Waals surface area contributed by atoms with Crippen molar-refractivity contribution in [2.24, 2.45) is 0 Å². The first-order valence-corrected chi connectivity index (χ1v) is 10.4. The molecule has 1 amide bonds. The highest BCUT2D eigenvalue weighted by Crippen LogP contribution is 2.28. The number of nitrogens with zero attached hydrogens (tertiary/aromatic N) is 1. The van der Waals surface area contributed by atoms with E-state index in [-0.39, 0.29) is 11.2 Å². The number of halogens is 1. The van der Waals surface area contributed by atoms with Crippen molar-refractivity contribution < 1.29 is 4.79 Å². The molecule has 1 heterocycles. The normalized spacial score (nSPS) is 26.2. The van der Waals surface area contributed by atoms with E-state index in [1.54, 1.807) is 11.8 Å². The van der Waals surface area contributed by atoms with E-state index in [0.717, 1.165) is 16.3 Å². The standard InChI is InChI=1S/C19H27ClN2OS/c1-14(24-16-10-8-15(20)9-11-16)19(23)21-17-6-2-3-7-18(17)22-12-4-5-13-22/h8-11,14,17-18H,2-7,12-13H2,1H3,(H,21,23). The smallest absolute Gasteiger partial charge is 0.233 e. The predicted octanol–water partition coefficient (Wildman–Crippen LogP) is 4.34. The fourth-order valence-electron chi connectivity index (χ4n) is 3.86. The Kier molecular flexibility index (Phi) is 6.48. The second-order valence-corrected chi connectivity index (χ2v) is 8.77. The lowest BCUT2D eigenvalue weighted by atomic mass is 9.89. The molecular formula is C19H27ClN2OS. The van der Waals surface area contributed by atoms with Crippen LogP contribution in [0.25, 0.3) is 0 Å². The summed E-state index contributed by atoms with van der Waals surface area (Å²) in [5.74, 6) is 0.158. The Morgan fingerprint density at radius 1 is 1.17 bits per heavy atom. The van der Waals surface area contributed by atoms with E-state index in [4.69, 9.17) is 11.6 Å². The summed E-state index contributed by atoms with van der Waals surface area (Å²) in [7, 11) is 0. The highest BCUT2D eigenvalue weighted by Gasteiger charge is 2.33. The maximum absolute atomic E-state index is 12.7. The predicted molar refractivity (Wildman–Crippen MR) is 102 cm³/mol. The number of carbonyl (C=O) groups is 1. The van der Waals surface area contributed by atoms with Crippen LogP contribution >= 0.6 is 23.4 Å². The van der Waals surface area contributed by atoms with Gasteiger partial charge in [0.15, 0.2) is 0 Å². The van der Waals surface area contributed by atoms with Crippen LogP contribution < -0.4 is 5.32 Å². The molecule has 24 heavy (non-hydrogen) atoms. The van der Waals surface area contributed by atoms with Gasteiger partial charge in [-0.05, 0) is 70.0 Å². The minimum absolute atomic E-state index is 0.0904. The van der Waals surface area contributed by atoms with Gasteiger partial charge in [-0.15, -0.1) is 11.8 Å². The number of amides is 1. The molecule has 0 radical (unpaired) electrons. The van der Waals surface area contributed by atoms with Crippen molar-refractivity contribution in [3.05, 3.63) is 29.3 Å². The molecule has 1 saturated carbocycles. The van der Waals surface area contributed by atoms with Gasteiger partial charge in [-0.1, -0.05) is 24.4 Å². The number of hydrogen-bond acceptors (Lipinski definition) is 3. The van der Waals surface area contributed by atoms with E-state index in [1.807, 2.05) is 31.2 Å². The molecule has 1 aromatic rings. The van der Waals surface area contributed by atoms with Crippen molar-refractivity contribution in [3.63, 3.8) is 0 Å². The topological polar surface area (TPSA) is 32.3 Å². The van der Waals surface area contributed by atoms with Crippen LogP contribution in [-0.2, 0) is 4.79 Å². The van der Waals surface area contributed by atoms with Gasteiger partial charge < -0.3 is 5.32 Å². The van der Waals surface area contributed by atoms with Crippen LogP contribution in [0.3, 0.4) is 0 Å². The summed E-state index contributed by atoms with van der Waals surface area (Å²) < 4.78 is 0. The van der Waals surface area contributed by atoms with E-state index in [1.165, 1.54) is 45.2 Å². The summed E-state index contributed by atoms with van der Waals surface area (Å²) in [6.07, 6.45) is 7.48. The van der Waals surface area contributed by atoms with Gasteiger partial charge in [-0.25, -0.2) is 0 Å². The molecule has 2 fully saturated rings. The molecule has 3 unspecified atom stereocenters. The van der Waals surface area contributed by atoms with E-state index in [9.17, 15) is 4.79 Å². The van der Waals surface area contributed by atoms with Gasteiger partial charge in [0.2, 0.25) is 5.91 Å². The third-order valence-electron chi connectivity index (χ3n) is 5.16. The molecule has 3 rings (SSSR count). The summed E-state index contributed by atoms with van der Waals surface area (Å²) in [5, 5.41) is 3.99. The van der Waals surface area contributed by atoms with Crippen LogP contribution in [0.1, 0.15) is 45.4 Å². The number of carbonyl (C=O) groups excluding carboxylic acids is 1. The zero-order valence-electron chi connectivity index (χ0n) is 14.3. The first-order chi connectivity index (χ1) is 11.6. The minimum atomic E-state index is -0.0904. The van der Waals surface area contributed by atoms with Crippen molar-refractivity contribution in [2.75, 3.05) is 13.1 Å². The summed E-state index contributed by atoms with van der Waals surface area (Å²) in [5.41, 5.74) is 0. The van der Waals surface area contributed by atoms with Gasteiger partial charge >= 0.3 is 0 Å². The molecule has 0 aromatic heterocycles. The van der Waals surface area contributed by atoms with Crippen LogP contribution in [0.15, 0.2) is 29.2 Å². The number of nitrogens with one attached hydrogen (secondary N) is 1. The lowest BCUT2D eigenvalue weighted by Crippen LogP contribution is -2.53. The third kappa shape index (κ3) is 4.68. The lowest BCUT2D eigenvalue weighted by Gasteiger charge is -2.38. The lowest BCUT2D eigenvalue weighted by molar-refractivity contribution is -0.121. The summed E-state index contributed by atoms with van der Waals surface area (Å²) in [6.45, 7) is 4.39. The van der Waals surface area contributed by atoms with Crippen molar-refractivity contribution in [2.45, 2.75) is 67.7 Å². The molecule has 0 bridgehead atoms. The maximum Gasteiger partial charge on any atom is 0.233 e. The average molecular weight is 367 g/mol. The highest BCUT2D eigenvalue weighted by atomic mass is 35.5. The SMILES string of the molecule is CC(Sc1ccc(Cl)cc1)C(=O)NC1CCCCC1N1CCCC1. The van der Waals surface area contributed by atoms with Crippen molar-refractivity contribution in [1.29, 1.82) is 0 Å². The molecule has 132 valence electrons. The zero-order chi connectivity index (χ0) is 16.9. The Hall–Kier alpha value is -0.710. The van der Waals surface area contributed by atoms with E-state index < -0.39 is 0 Å². The van der Waals surface area contributed by atoms with Gasteiger partial charge in [0.25, 0.3) is 0 Å². The molecule has 3 atom stereocenters. The number of rotatable bonds is 5. The summed E-state index contributed by atoms with van der Waals surface area (Å²) >= 11 is 7.52. The molecular weight excluding hydrogens is 340 g/mol. The van der Waals surface area contributed by atoms with Gasteiger partial charge in [0, 0.05) is 22.0 Å². The largest absolute Gasteiger partial charge is 0.351 e. The van der Waals surface area contributed by atoms with Crippen LogP contribution in [0, 0.1) is 0 Å². The van der Waals surface area contributed by atoms with Crippen molar-refractivity contribution >= 4 is 29.3 Å². The van der Waals surface area contributed by atoms with Crippen LogP contribution in [0.2, 0.25) is 5.02 Å². The fraction of sp³-hybridized carbons (Fsp3) is 0.632. The molecule has 2 aliphatic rings. The summed E-state index contributed by atoms with van der Waals surface area (Å²) in [4.78, 5) is 16.3. The number of thioether (sulfide) groups is 1. The third-order valence-corrected chi connectivity index (χ3v) is 6.53. The Morgan fingerprint density at radius 3 is 2.54 bits per heavy atom. The van der Waals surface area contributed by atoms with Crippen LogP contribution in [-0.4, -0.2) is 41.2 Å². The van der Waals surface area contributed by atoms with Gasteiger partial charge in [0.1, 0.15) is 0 Å². The Balaban J connectivity index is 1.56. The molecule has 1 aromatic carbocycles. The van der Waals surface area contributed by atoms with Gasteiger partial charge in [-0.2, -0.15) is 0 Å². The molecule has 1 aliphatic carbocycles. The number of likely N-dealkylation sites (tertiary alicyclic amines) is 1. The second-order valence-electron chi connectivity index (χ2n) is 6.92. The maximum atomic E-state index is 12.7. The molecule has 1 aliphatic heterocycles. The van der Waals surface area contributed by atoms with E-state index in [2.05, 4.69) is 10.2 Å². The fourth-order valence-corrected chi connectivity index (χ4v) is 4.86. The first kappa shape index (κ1) is 18.1. The highest BCUT2D eigenvalue weighted by molar-refractivity contribution is 8.00. The van der Waals surface area contributed by atoms with Crippen LogP contribution in [0.5, 0.6) is 0 Å². The van der Waals surface area contributed by atoms with E-state index >= 15 is 0 Å². The van der Waals surface area contributed by atoms with Gasteiger partial charge in [0.05, 0.1) is 5.25 Å². The monoisotopic (exact) mass is 366 g/mol. The molecule has 1 saturated heterocycles. The quantitative estimate of drug-likeness (QED) is 0.786. The van der Waals surface area contributed by atoms with Crippen molar-refractivity contribution in [1.82, 2.24) is 10.2 Å². The number of hydrogen-bond donors (Lipinski definition) is 1. The Morgan fingerprint density at radius 2 is 1.83 bits per heavy atom. The Labute approximate surface area is 154 Å². The first-order valence-electron chi connectivity index (χ1n) is 9.10. The van der Waals surface area contributed by atoms with Crippen LogP contribution in [0.4, 0.5) is 0 Å².